The summed E-state index contributed by atoms with van der Waals surface area (Å²) in [7, 11) is 0. The van der Waals surface area contributed by atoms with Crippen molar-refractivity contribution < 1.29 is 19.8 Å². The lowest BCUT2D eigenvalue weighted by Gasteiger charge is -2.06. The van der Waals surface area contributed by atoms with Gasteiger partial charge in [0.15, 0.2) is 5.96 Å². The first-order valence-corrected chi connectivity index (χ1v) is 5.64. The van der Waals surface area contributed by atoms with Crippen LogP contribution >= 0.6 is 0 Å². The topological polar surface area (TPSA) is 212 Å². The van der Waals surface area contributed by atoms with Crippen molar-refractivity contribution in [3.63, 3.8) is 0 Å². The van der Waals surface area contributed by atoms with E-state index in [4.69, 9.17) is 38.1 Å². The summed E-state index contributed by atoms with van der Waals surface area (Å²) in [4.78, 5) is 20.0. The Morgan fingerprint density at radius 3 is 2.05 bits per heavy atom. The molecule has 0 aliphatic rings. The number of guanidine groups is 1. The van der Waals surface area contributed by atoms with Gasteiger partial charge >= 0.3 is 11.9 Å². The highest BCUT2D eigenvalue weighted by atomic mass is 16.4. The van der Waals surface area contributed by atoms with Crippen LogP contribution in [0.5, 0.6) is 0 Å². The predicted octanol–water partition coefficient (Wildman–Crippen LogP) is -2.03. The maximum Gasteiger partial charge on any atom is 0.321 e. The van der Waals surface area contributed by atoms with Crippen molar-refractivity contribution in [1.82, 2.24) is 5.32 Å². The van der Waals surface area contributed by atoms with Crippen LogP contribution in [0.3, 0.4) is 0 Å². The van der Waals surface area contributed by atoms with Gasteiger partial charge in [0.05, 0.1) is 12.5 Å². The Labute approximate surface area is 116 Å². The van der Waals surface area contributed by atoms with Crippen molar-refractivity contribution in [3.8, 4) is 6.07 Å². The van der Waals surface area contributed by atoms with Crippen molar-refractivity contribution in [3.05, 3.63) is 0 Å². The summed E-state index contributed by atoms with van der Waals surface area (Å²) in [6.07, 6.45) is 0.845. The minimum atomic E-state index is -1.13. The Hall–Kier alpha value is -2.38. The molecule has 0 radical (unpaired) electrons. The maximum absolute atomic E-state index is 10.2. The highest BCUT2D eigenvalue weighted by molar-refractivity contribution is 5.74. The van der Waals surface area contributed by atoms with Crippen LogP contribution in [0.2, 0.25) is 0 Å². The smallest absolute Gasteiger partial charge is 0.321 e. The van der Waals surface area contributed by atoms with Crippen LogP contribution in [-0.2, 0) is 9.59 Å². The molecule has 0 aliphatic carbocycles. The molecule has 0 aromatic rings. The number of nitrogens with zero attached hydrogens (tertiary/aromatic N) is 1. The van der Waals surface area contributed by atoms with Gasteiger partial charge in [-0.05, 0) is 12.8 Å². The van der Waals surface area contributed by atoms with E-state index in [1.54, 1.807) is 6.07 Å². The Balaban J connectivity index is 0. The van der Waals surface area contributed by atoms with Crippen LogP contribution in [0, 0.1) is 16.7 Å². The van der Waals surface area contributed by atoms with E-state index in [9.17, 15) is 9.59 Å². The van der Waals surface area contributed by atoms with Crippen molar-refractivity contribution in [2.24, 2.45) is 17.2 Å². The van der Waals surface area contributed by atoms with Crippen LogP contribution in [0.1, 0.15) is 19.3 Å². The molecule has 0 heterocycles. The Morgan fingerprint density at radius 1 is 1.25 bits per heavy atom. The summed E-state index contributed by atoms with van der Waals surface area (Å²) in [5.41, 5.74) is 15.1. The first kappa shape index (κ1) is 19.9. The zero-order valence-electron chi connectivity index (χ0n) is 10.9. The van der Waals surface area contributed by atoms with Crippen LogP contribution in [0.15, 0.2) is 0 Å². The number of nitrogens with one attached hydrogen (secondary N) is 2. The van der Waals surface area contributed by atoms with Gasteiger partial charge in [-0.1, -0.05) is 0 Å². The second-order valence-corrected chi connectivity index (χ2v) is 3.73. The fourth-order valence-corrected chi connectivity index (χ4v) is 0.854. The van der Waals surface area contributed by atoms with Crippen LogP contribution in [0.4, 0.5) is 0 Å². The molecule has 0 saturated heterocycles. The minimum absolute atomic E-state index is 0.112. The highest BCUT2D eigenvalue weighted by Crippen LogP contribution is 1.92. The molecule has 10 nitrogen and oxygen atoms in total. The SMILES string of the molecule is N#CC[C@H](N)C(=O)O.N=C(N)NCCC[C@H](N)C(=O)O. The lowest BCUT2D eigenvalue weighted by molar-refractivity contribution is -0.139. The molecule has 10 heteroatoms. The summed E-state index contributed by atoms with van der Waals surface area (Å²) in [6, 6.07) is -0.205. The molecule has 2 atom stereocenters. The average molecular weight is 288 g/mol. The molecule has 0 rings (SSSR count). The molecule has 0 aliphatic heterocycles. The van der Waals surface area contributed by atoms with Gasteiger partial charge < -0.3 is 32.7 Å². The molecule has 0 bridgehead atoms. The zero-order chi connectivity index (χ0) is 16.1. The van der Waals surface area contributed by atoms with Gasteiger partial charge in [-0.2, -0.15) is 5.26 Å². The molecule has 20 heavy (non-hydrogen) atoms. The number of rotatable bonds is 7. The first-order chi connectivity index (χ1) is 9.22. The van der Waals surface area contributed by atoms with Gasteiger partial charge in [0.2, 0.25) is 0 Å². The molecule has 0 saturated carbocycles. The molecule has 114 valence electrons. The number of hydrogen-bond acceptors (Lipinski definition) is 6. The molecule has 0 spiro atoms. The van der Waals surface area contributed by atoms with Crippen molar-refractivity contribution >= 4 is 17.9 Å². The van der Waals surface area contributed by atoms with Crippen LogP contribution < -0.4 is 22.5 Å². The van der Waals surface area contributed by atoms with Crippen LogP contribution in [-0.4, -0.2) is 46.7 Å². The standard InChI is InChI=1S/C6H14N4O2.C4H6N2O2/c7-4(5(11)12)2-1-3-10-6(8)9;5-2-1-3(6)4(7)8/h4H,1-3,7H2,(H,11,12)(H4,8,9,10);3H,1,6H2,(H,7,8)/t4-;3-/m00/s1. The molecular weight excluding hydrogens is 268 g/mol. The monoisotopic (exact) mass is 288 g/mol. The Bertz CT molecular complexity index is 367. The molecule has 0 amide bonds. The summed E-state index contributed by atoms with van der Waals surface area (Å²) >= 11 is 0. The van der Waals surface area contributed by atoms with Gasteiger partial charge in [-0.3, -0.25) is 15.0 Å². The van der Waals surface area contributed by atoms with E-state index in [0.29, 0.717) is 19.4 Å². The molecule has 0 unspecified atom stereocenters. The lowest BCUT2D eigenvalue weighted by Crippen LogP contribution is -2.34. The summed E-state index contributed by atoms with van der Waals surface area (Å²) in [5, 5.41) is 33.6. The number of carboxylic acids is 2. The predicted molar refractivity (Wildman–Crippen MR) is 70.6 cm³/mol. The van der Waals surface area contributed by atoms with E-state index in [-0.39, 0.29) is 12.4 Å². The number of carboxylic acid groups (broad SMARTS) is 2. The van der Waals surface area contributed by atoms with E-state index in [1.165, 1.54) is 0 Å². The minimum Gasteiger partial charge on any atom is -0.480 e. The number of hydrogen-bond donors (Lipinski definition) is 7. The van der Waals surface area contributed by atoms with E-state index in [2.05, 4.69) is 5.32 Å². The molecule has 0 aromatic carbocycles. The van der Waals surface area contributed by atoms with Gasteiger partial charge in [0, 0.05) is 6.54 Å². The number of nitriles is 1. The van der Waals surface area contributed by atoms with Crippen molar-refractivity contribution in [1.29, 1.82) is 10.7 Å². The van der Waals surface area contributed by atoms with Gasteiger partial charge in [0.1, 0.15) is 12.1 Å². The average Bonchev–Trinajstić information content (AvgIpc) is 2.34. The summed E-state index contributed by atoms with van der Waals surface area (Å²) in [5.74, 6) is -2.25. The second-order valence-electron chi connectivity index (χ2n) is 3.73. The Kier molecular flexibility index (Phi) is 11.7. The molecule has 0 aromatic heterocycles. The lowest BCUT2D eigenvalue weighted by atomic mass is 10.2. The summed E-state index contributed by atoms with van der Waals surface area (Å²) < 4.78 is 0. The summed E-state index contributed by atoms with van der Waals surface area (Å²) in [6.45, 7) is 0.482. The van der Waals surface area contributed by atoms with Gasteiger partial charge in [0.25, 0.3) is 0 Å². The van der Waals surface area contributed by atoms with Crippen LogP contribution in [0.25, 0.3) is 0 Å². The third kappa shape index (κ3) is 13.7. The van der Waals surface area contributed by atoms with Crippen molar-refractivity contribution in [2.75, 3.05) is 6.54 Å². The van der Waals surface area contributed by atoms with E-state index in [1.807, 2.05) is 0 Å². The van der Waals surface area contributed by atoms with Crippen molar-refractivity contribution in [2.45, 2.75) is 31.3 Å². The number of nitrogens with two attached hydrogens (primary N) is 3. The molecular formula is C10H20N6O4. The molecule has 0 fully saturated rings. The quantitative estimate of drug-likeness (QED) is 0.156. The largest absolute Gasteiger partial charge is 0.480 e. The fourth-order valence-electron chi connectivity index (χ4n) is 0.854. The van der Waals surface area contributed by atoms with Gasteiger partial charge in [-0.15, -0.1) is 0 Å². The van der Waals surface area contributed by atoms with E-state index in [0.717, 1.165) is 0 Å². The maximum atomic E-state index is 10.2. The second kappa shape index (κ2) is 11.7. The Morgan fingerprint density at radius 2 is 1.75 bits per heavy atom. The van der Waals surface area contributed by atoms with Gasteiger partial charge in [-0.25, -0.2) is 0 Å². The number of carbonyl (C=O) groups is 2. The third-order valence-electron chi connectivity index (χ3n) is 1.95. The zero-order valence-corrected chi connectivity index (χ0v) is 10.9. The normalized spacial score (nSPS) is 12.1. The number of aliphatic carboxylic acids is 2. The highest BCUT2D eigenvalue weighted by Gasteiger charge is 2.09. The van der Waals surface area contributed by atoms with E-state index >= 15 is 0 Å². The first-order valence-electron chi connectivity index (χ1n) is 5.64. The molecule has 10 N–H and O–H groups in total. The fraction of sp³-hybridized carbons (Fsp3) is 0.600. The van der Waals surface area contributed by atoms with E-state index < -0.39 is 24.0 Å². The third-order valence-corrected chi connectivity index (χ3v) is 1.95.